The Hall–Kier alpha value is -3.45. The van der Waals surface area contributed by atoms with Crippen molar-refractivity contribution in [3.05, 3.63) is 66.5 Å². The highest BCUT2D eigenvalue weighted by molar-refractivity contribution is 6.02. The lowest BCUT2D eigenvalue weighted by molar-refractivity contribution is -0.118. The summed E-state index contributed by atoms with van der Waals surface area (Å²) in [6.45, 7) is 5.76. The van der Waals surface area contributed by atoms with E-state index < -0.39 is 0 Å². The minimum atomic E-state index is -0.0503. The van der Waals surface area contributed by atoms with Crippen molar-refractivity contribution in [2.75, 3.05) is 47.8 Å². The van der Waals surface area contributed by atoms with Crippen LogP contribution in [0.5, 0.6) is 0 Å². The van der Waals surface area contributed by atoms with Crippen molar-refractivity contribution in [1.82, 2.24) is 14.9 Å². The molecule has 0 spiro atoms. The van der Waals surface area contributed by atoms with Crippen molar-refractivity contribution in [2.45, 2.75) is 31.8 Å². The van der Waals surface area contributed by atoms with Crippen LogP contribution in [0.3, 0.4) is 0 Å². The number of amides is 1. The Kier molecular flexibility index (Phi) is 5.63. The van der Waals surface area contributed by atoms with Gasteiger partial charge in [0.25, 0.3) is 0 Å². The van der Waals surface area contributed by atoms with Crippen LogP contribution in [0.25, 0.3) is 11.3 Å². The monoisotopic (exact) mass is 454 g/mol. The first-order valence-electron chi connectivity index (χ1n) is 12.3. The van der Waals surface area contributed by atoms with Crippen molar-refractivity contribution in [3.8, 4) is 11.3 Å². The van der Waals surface area contributed by atoms with E-state index in [9.17, 15) is 4.79 Å². The Bertz CT molecular complexity index is 1160. The Morgan fingerprint density at radius 2 is 1.79 bits per heavy atom. The fourth-order valence-electron chi connectivity index (χ4n) is 5.38. The van der Waals surface area contributed by atoms with Gasteiger partial charge in [0.2, 0.25) is 5.91 Å². The highest BCUT2D eigenvalue weighted by Crippen LogP contribution is 2.35. The summed E-state index contributed by atoms with van der Waals surface area (Å²) < 4.78 is 0. The van der Waals surface area contributed by atoms with Gasteiger partial charge in [0.05, 0.1) is 11.4 Å². The molecule has 1 N–H and O–H groups in total. The minimum absolute atomic E-state index is 0.0503. The van der Waals surface area contributed by atoms with Gasteiger partial charge in [-0.2, -0.15) is 0 Å². The van der Waals surface area contributed by atoms with E-state index in [1.165, 1.54) is 5.69 Å². The van der Waals surface area contributed by atoms with Crippen molar-refractivity contribution < 1.29 is 4.79 Å². The van der Waals surface area contributed by atoms with Crippen LogP contribution in [0.4, 0.5) is 17.2 Å². The number of hydrogen-bond acceptors (Lipinski definition) is 6. The number of rotatable bonds is 4. The molecule has 7 heteroatoms. The van der Waals surface area contributed by atoms with Crippen LogP contribution in [0.1, 0.15) is 24.8 Å². The number of pyridine rings is 2. The Morgan fingerprint density at radius 1 is 0.941 bits per heavy atom. The van der Waals surface area contributed by atoms with Crippen LogP contribution in [-0.2, 0) is 11.3 Å². The number of anilines is 3. The predicted molar refractivity (Wildman–Crippen MR) is 135 cm³/mol. The smallest absolute Gasteiger partial charge is 0.247 e. The second-order valence-electron chi connectivity index (χ2n) is 9.43. The molecular formula is C27H30N6O. The molecule has 0 saturated carbocycles. The van der Waals surface area contributed by atoms with Crippen LogP contribution < -0.4 is 15.1 Å². The molecule has 7 nitrogen and oxygen atoms in total. The number of hydrogen-bond donors (Lipinski definition) is 1. The third-order valence-corrected chi connectivity index (χ3v) is 7.23. The maximum atomic E-state index is 12.6. The fourth-order valence-corrected chi connectivity index (χ4v) is 5.38. The zero-order valence-electron chi connectivity index (χ0n) is 19.4. The molecule has 0 aliphatic carbocycles. The summed E-state index contributed by atoms with van der Waals surface area (Å²) in [5, 5.41) is 3.11. The molecule has 2 saturated heterocycles. The second-order valence-corrected chi connectivity index (χ2v) is 9.43. The number of piperazine rings is 1. The molecule has 3 aliphatic rings. The maximum absolute atomic E-state index is 12.6. The van der Waals surface area contributed by atoms with Gasteiger partial charge < -0.3 is 15.1 Å². The lowest BCUT2D eigenvalue weighted by Crippen LogP contribution is -2.51. The predicted octanol–water partition coefficient (Wildman–Crippen LogP) is 3.78. The second kappa shape index (κ2) is 9.06. The van der Waals surface area contributed by atoms with Gasteiger partial charge in [-0.15, -0.1) is 0 Å². The van der Waals surface area contributed by atoms with Crippen molar-refractivity contribution in [3.63, 3.8) is 0 Å². The molecule has 2 aromatic heterocycles. The first-order valence-corrected chi connectivity index (χ1v) is 12.3. The van der Waals surface area contributed by atoms with Crippen molar-refractivity contribution in [1.29, 1.82) is 0 Å². The number of fused-ring (bicyclic) bond motifs is 3. The molecule has 1 amide bonds. The molecule has 6 rings (SSSR count). The summed E-state index contributed by atoms with van der Waals surface area (Å²) in [4.78, 5) is 28.9. The Balaban J connectivity index is 1.08. The minimum Gasteiger partial charge on any atom is -0.369 e. The number of piperidine rings is 1. The molecule has 2 fully saturated rings. The first kappa shape index (κ1) is 21.1. The van der Waals surface area contributed by atoms with E-state index in [2.05, 4.69) is 55.3 Å². The van der Waals surface area contributed by atoms with E-state index in [1.54, 1.807) is 0 Å². The summed E-state index contributed by atoms with van der Waals surface area (Å²) in [5.41, 5.74) is 5.43. The molecule has 1 aromatic carbocycles. The normalized spacial score (nSPS) is 20.5. The van der Waals surface area contributed by atoms with Gasteiger partial charge >= 0.3 is 0 Å². The van der Waals surface area contributed by atoms with Gasteiger partial charge in [0, 0.05) is 62.9 Å². The van der Waals surface area contributed by atoms with Crippen molar-refractivity contribution >= 4 is 23.1 Å². The van der Waals surface area contributed by atoms with Crippen LogP contribution in [-0.4, -0.2) is 59.5 Å². The van der Waals surface area contributed by atoms with Crippen LogP contribution in [0.2, 0.25) is 0 Å². The van der Waals surface area contributed by atoms with Crippen LogP contribution in [0, 0.1) is 0 Å². The average molecular weight is 455 g/mol. The quantitative estimate of drug-likeness (QED) is 0.647. The van der Waals surface area contributed by atoms with Gasteiger partial charge in [0.15, 0.2) is 5.82 Å². The summed E-state index contributed by atoms with van der Waals surface area (Å²) >= 11 is 0. The molecule has 3 aliphatic heterocycles. The number of benzene rings is 1. The van der Waals surface area contributed by atoms with Crippen LogP contribution in [0.15, 0.2) is 60.9 Å². The molecule has 0 bridgehead atoms. The number of nitrogens with one attached hydrogen (secondary N) is 1. The topological polar surface area (TPSA) is 64.6 Å². The number of carbonyl (C=O) groups excluding carboxylic acids is 1. The number of carbonyl (C=O) groups is 1. The van der Waals surface area contributed by atoms with Gasteiger partial charge in [-0.1, -0.05) is 18.2 Å². The molecular weight excluding hydrogens is 424 g/mol. The first-order chi connectivity index (χ1) is 16.7. The Labute approximate surface area is 200 Å². The van der Waals surface area contributed by atoms with E-state index >= 15 is 0 Å². The van der Waals surface area contributed by atoms with Crippen molar-refractivity contribution in [2.24, 2.45) is 0 Å². The molecule has 34 heavy (non-hydrogen) atoms. The molecule has 1 atom stereocenters. The van der Waals surface area contributed by atoms with Crippen LogP contribution >= 0.6 is 0 Å². The molecule has 5 heterocycles. The van der Waals surface area contributed by atoms with E-state index in [4.69, 9.17) is 4.98 Å². The zero-order valence-corrected chi connectivity index (χ0v) is 19.4. The van der Waals surface area contributed by atoms with E-state index in [0.29, 0.717) is 0 Å². The van der Waals surface area contributed by atoms with E-state index in [-0.39, 0.29) is 11.9 Å². The highest BCUT2D eigenvalue weighted by Gasteiger charge is 2.35. The lowest BCUT2D eigenvalue weighted by atomic mass is 9.99. The Morgan fingerprint density at radius 3 is 2.59 bits per heavy atom. The maximum Gasteiger partial charge on any atom is 0.247 e. The number of nitrogens with zero attached hydrogens (tertiary/aromatic N) is 5. The third-order valence-electron chi connectivity index (χ3n) is 7.23. The molecule has 174 valence electrons. The van der Waals surface area contributed by atoms with Gasteiger partial charge in [-0.25, -0.2) is 4.98 Å². The summed E-state index contributed by atoms with van der Waals surface area (Å²) in [6.07, 6.45) is 6.99. The van der Waals surface area contributed by atoms with Gasteiger partial charge in [0.1, 0.15) is 6.04 Å². The largest absolute Gasteiger partial charge is 0.369 e. The molecule has 1 unspecified atom stereocenters. The van der Waals surface area contributed by atoms with E-state index in [1.807, 2.05) is 30.6 Å². The lowest BCUT2D eigenvalue weighted by Gasteiger charge is -2.40. The summed E-state index contributed by atoms with van der Waals surface area (Å²) in [5.74, 6) is 1.06. The summed E-state index contributed by atoms with van der Waals surface area (Å²) in [6, 6.07) is 16.8. The van der Waals surface area contributed by atoms with Gasteiger partial charge in [-0.05, 0) is 55.2 Å². The SMILES string of the molecule is O=C1Nc2cc(CN3CCN(c4ccc(-c5ccccn5)cc4)CC3)cnc2N2CCCCC12. The summed E-state index contributed by atoms with van der Waals surface area (Å²) in [7, 11) is 0. The highest BCUT2D eigenvalue weighted by atomic mass is 16.2. The molecule has 3 aromatic rings. The average Bonchev–Trinajstić information content (AvgIpc) is 2.90. The fraction of sp³-hybridized carbons (Fsp3) is 0.370. The third kappa shape index (κ3) is 4.12. The van der Waals surface area contributed by atoms with Gasteiger partial charge in [-0.3, -0.25) is 14.7 Å². The zero-order chi connectivity index (χ0) is 22.9. The van der Waals surface area contributed by atoms with E-state index in [0.717, 1.165) is 86.9 Å². The standard InChI is InChI=1S/C27H30N6O/c34-27-25-6-2-4-12-33(25)26-24(30-27)17-20(18-29-26)19-31-13-15-32(16-14-31)22-9-7-21(8-10-22)23-5-1-3-11-28-23/h1,3,5,7-11,17-18,25H,2,4,6,12-16,19H2,(H,30,34). The molecule has 0 radical (unpaired) electrons. The number of aromatic nitrogens is 2.